The molecule has 0 saturated heterocycles. The molecule has 1 heterocycles. The highest BCUT2D eigenvalue weighted by atomic mass is 16.7. The van der Waals surface area contributed by atoms with Gasteiger partial charge in [-0.1, -0.05) is 0 Å². The minimum absolute atomic E-state index is 0.271. The van der Waals surface area contributed by atoms with Crippen LogP contribution in [0.4, 0.5) is 4.79 Å². The van der Waals surface area contributed by atoms with Gasteiger partial charge in [-0.05, 0) is 13.8 Å². The third kappa shape index (κ3) is 3.16. The number of hydrogen-bond donors (Lipinski definition) is 0. The van der Waals surface area contributed by atoms with Crippen LogP contribution >= 0.6 is 0 Å². The molecule has 0 saturated carbocycles. The topological polar surface area (TPSA) is 78.9 Å². The molecule has 0 N–H and O–H groups in total. The number of methoxy groups -OCH3 is 1. The first-order valence-corrected chi connectivity index (χ1v) is 4.37. The molecule has 0 bridgehead atoms. The van der Waals surface area contributed by atoms with E-state index in [-0.39, 0.29) is 6.42 Å². The van der Waals surface area contributed by atoms with Crippen molar-refractivity contribution in [3.63, 3.8) is 0 Å². The van der Waals surface area contributed by atoms with Gasteiger partial charge >= 0.3 is 12.0 Å². The molecule has 1 unspecified atom stereocenters. The number of aryl methyl sites for hydroxylation is 1. The molecule has 0 amide bonds. The van der Waals surface area contributed by atoms with E-state index in [9.17, 15) is 9.59 Å². The Morgan fingerprint density at radius 1 is 1.47 bits per heavy atom. The summed E-state index contributed by atoms with van der Waals surface area (Å²) < 4.78 is 18.5. The summed E-state index contributed by atoms with van der Waals surface area (Å²) in [5.74, 6) is 0.00415. The van der Waals surface area contributed by atoms with Crippen molar-refractivity contribution in [1.82, 2.24) is 0 Å². The summed E-state index contributed by atoms with van der Waals surface area (Å²) >= 11 is 0. The van der Waals surface area contributed by atoms with Crippen molar-refractivity contribution in [2.24, 2.45) is 0 Å². The van der Waals surface area contributed by atoms with E-state index in [1.165, 1.54) is 7.11 Å². The Labute approximate surface area is 85.8 Å². The van der Waals surface area contributed by atoms with Crippen molar-refractivity contribution in [1.29, 1.82) is 0 Å². The van der Waals surface area contributed by atoms with Crippen LogP contribution in [0.25, 0.3) is 0 Å². The molecule has 6 nitrogen and oxygen atoms in total. The van der Waals surface area contributed by atoms with E-state index >= 15 is 0 Å². The average Bonchev–Trinajstić information content (AvgIpc) is 2.44. The van der Waals surface area contributed by atoms with E-state index in [4.69, 9.17) is 9.15 Å². The maximum Gasteiger partial charge on any atom is 0.519 e. The smallest absolute Gasteiger partial charge is 0.438 e. The molecule has 1 atom stereocenters. The summed E-state index contributed by atoms with van der Waals surface area (Å²) in [7, 11) is 1.22. The fourth-order valence-corrected chi connectivity index (χ4v) is 1.08. The molecule has 0 fully saturated rings. The van der Waals surface area contributed by atoms with Crippen LogP contribution in [0.2, 0.25) is 0 Å². The first kappa shape index (κ1) is 11.4. The molecule has 1 rings (SSSR count). The van der Waals surface area contributed by atoms with Crippen molar-refractivity contribution in [3.05, 3.63) is 22.1 Å². The number of carbonyl (C=O) groups is 1. The van der Waals surface area contributed by atoms with Crippen LogP contribution in [0, 0.1) is 6.92 Å². The predicted molar refractivity (Wildman–Crippen MR) is 48.6 cm³/mol. The Balaban J connectivity index is 2.58. The quantitative estimate of drug-likeness (QED) is 0.707. The minimum Gasteiger partial charge on any atom is -0.438 e. The van der Waals surface area contributed by atoms with Gasteiger partial charge < -0.3 is 18.3 Å². The van der Waals surface area contributed by atoms with Crippen molar-refractivity contribution in [2.75, 3.05) is 7.11 Å². The predicted octanol–water partition coefficient (Wildman–Crippen LogP) is 1.26. The van der Waals surface area contributed by atoms with Gasteiger partial charge in [-0.3, -0.25) is 0 Å². The lowest BCUT2D eigenvalue weighted by Crippen LogP contribution is -2.17. The van der Waals surface area contributed by atoms with Gasteiger partial charge in [0.2, 0.25) is 0 Å². The van der Waals surface area contributed by atoms with Crippen molar-refractivity contribution >= 4 is 6.16 Å². The van der Waals surface area contributed by atoms with Crippen LogP contribution in [0.5, 0.6) is 0 Å². The maximum absolute atomic E-state index is 10.7. The Kier molecular flexibility index (Phi) is 3.54. The van der Waals surface area contributed by atoms with Gasteiger partial charge in [-0.15, -0.1) is 0 Å². The molecule has 0 aliphatic rings. The fourth-order valence-electron chi connectivity index (χ4n) is 1.08. The lowest BCUT2D eigenvalue weighted by Gasteiger charge is -2.09. The molecule has 0 radical (unpaired) electrons. The van der Waals surface area contributed by atoms with E-state index < -0.39 is 18.1 Å². The number of rotatable bonds is 3. The Morgan fingerprint density at radius 3 is 2.60 bits per heavy atom. The monoisotopic (exact) mass is 216 g/mol. The maximum atomic E-state index is 10.7. The Hall–Kier alpha value is -1.72. The number of hydrogen-bond acceptors (Lipinski definition) is 6. The van der Waals surface area contributed by atoms with Crippen LogP contribution in [0.3, 0.4) is 0 Å². The SMILES string of the molecule is COC(=O)OC(C)Cc1oc(=O)oc1C. The van der Waals surface area contributed by atoms with Crippen LogP contribution < -0.4 is 5.82 Å². The molecule has 0 spiro atoms. The van der Waals surface area contributed by atoms with Crippen LogP contribution in [-0.2, 0) is 15.9 Å². The first-order chi connectivity index (χ1) is 7.02. The second-order valence-corrected chi connectivity index (χ2v) is 3.02. The summed E-state index contributed by atoms with van der Waals surface area (Å²) in [6.07, 6.45) is -0.949. The third-order valence-corrected chi connectivity index (χ3v) is 1.77. The second-order valence-electron chi connectivity index (χ2n) is 3.02. The van der Waals surface area contributed by atoms with Gasteiger partial charge in [0.1, 0.15) is 11.9 Å². The van der Waals surface area contributed by atoms with Gasteiger partial charge in [0.25, 0.3) is 0 Å². The molecule has 6 heteroatoms. The molecule has 15 heavy (non-hydrogen) atoms. The van der Waals surface area contributed by atoms with Crippen molar-refractivity contribution in [2.45, 2.75) is 26.4 Å². The lowest BCUT2D eigenvalue weighted by atomic mass is 10.2. The molecule has 0 aliphatic carbocycles. The van der Waals surface area contributed by atoms with Gasteiger partial charge in [0.15, 0.2) is 5.76 Å². The second kappa shape index (κ2) is 4.68. The van der Waals surface area contributed by atoms with Gasteiger partial charge in [0, 0.05) is 6.42 Å². The van der Waals surface area contributed by atoms with Gasteiger partial charge in [-0.2, -0.15) is 0 Å². The summed E-state index contributed by atoms with van der Waals surface area (Å²) in [5.41, 5.74) is 0. The fraction of sp³-hybridized carbons (Fsp3) is 0.556. The van der Waals surface area contributed by atoms with Gasteiger partial charge in [0.05, 0.1) is 7.11 Å². The molecule has 84 valence electrons. The van der Waals surface area contributed by atoms with E-state index in [1.54, 1.807) is 13.8 Å². The number of ether oxygens (including phenoxy) is 2. The average molecular weight is 216 g/mol. The number of carbonyl (C=O) groups excluding carboxylic acids is 1. The normalized spacial score (nSPS) is 12.2. The molecular weight excluding hydrogens is 204 g/mol. The third-order valence-electron chi connectivity index (χ3n) is 1.77. The summed E-state index contributed by atoms with van der Waals surface area (Å²) in [5, 5.41) is 0. The van der Waals surface area contributed by atoms with Gasteiger partial charge in [-0.25, -0.2) is 9.59 Å². The van der Waals surface area contributed by atoms with E-state index in [0.717, 1.165) is 0 Å². The molecule has 0 aromatic carbocycles. The highest BCUT2D eigenvalue weighted by Crippen LogP contribution is 2.10. The van der Waals surface area contributed by atoms with Crippen molar-refractivity contribution in [3.8, 4) is 0 Å². The zero-order valence-corrected chi connectivity index (χ0v) is 8.73. The van der Waals surface area contributed by atoms with Crippen LogP contribution in [0.15, 0.2) is 13.6 Å². The largest absolute Gasteiger partial charge is 0.519 e. The standard InChI is InChI=1S/C9H12O6/c1-5(13-8(10)12-3)4-7-6(2)14-9(11)15-7/h5H,4H2,1-3H3. The van der Waals surface area contributed by atoms with E-state index in [2.05, 4.69) is 9.15 Å². The Morgan fingerprint density at radius 2 is 2.13 bits per heavy atom. The minimum atomic E-state index is -0.772. The summed E-state index contributed by atoms with van der Waals surface area (Å²) in [6.45, 7) is 3.26. The zero-order chi connectivity index (χ0) is 11.4. The van der Waals surface area contributed by atoms with Crippen LogP contribution in [-0.4, -0.2) is 19.4 Å². The first-order valence-electron chi connectivity index (χ1n) is 4.37. The zero-order valence-electron chi connectivity index (χ0n) is 8.73. The van der Waals surface area contributed by atoms with E-state index in [1.807, 2.05) is 0 Å². The summed E-state index contributed by atoms with van der Waals surface area (Å²) in [4.78, 5) is 21.4. The Bertz CT molecular complexity index is 388. The highest BCUT2D eigenvalue weighted by Gasteiger charge is 2.16. The molecule has 1 aromatic rings. The highest BCUT2D eigenvalue weighted by molar-refractivity contribution is 5.59. The lowest BCUT2D eigenvalue weighted by molar-refractivity contribution is 0.0419. The van der Waals surface area contributed by atoms with Crippen LogP contribution in [0.1, 0.15) is 18.4 Å². The molecule has 0 aliphatic heterocycles. The molecular formula is C9H12O6. The summed E-state index contributed by atoms with van der Waals surface area (Å²) in [6, 6.07) is 0. The van der Waals surface area contributed by atoms with Crippen molar-refractivity contribution < 1.29 is 23.1 Å². The van der Waals surface area contributed by atoms with E-state index in [0.29, 0.717) is 11.5 Å². The molecule has 1 aromatic heterocycles.